The van der Waals surface area contributed by atoms with Crippen molar-refractivity contribution in [1.29, 1.82) is 0 Å². The lowest BCUT2D eigenvalue weighted by Gasteiger charge is -2.08. The SMILES string of the molecule is Cn1ncc(NC(=O)c2ccn(COc3ccccc3Cl)n2)c1C(=O)NCc1ccco1. The van der Waals surface area contributed by atoms with Gasteiger partial charge in [-0.1, -0.05) is 23.7 Å². The first-order chi connectivity index (χ1) is 15.5. The summed E-state index contributed by atoms with van der Waals surface area (Å²) >= 11 is 6.07. The van der Waals surface area contributed by atoms with E-state index in [0.29, 0.717) is 16.5 Å². The number of aryl methyl sites for hydroxylation is 1. The molecule has 2 amide bonds. The maximum atomic E-state index is 12.7. The Morgan fingerprint density at radius 3 is 2.78 bits per heavy atom. The van der Waals surface area contributed by atoms with Crippen molar-refractivity contribution in [2.75, 3.05) is 5.32 Å². The Balaban J connectivity index is 1.39. The number of nitrogens with one attached hydrogen (secondary N) is 2. The number of nitrogens with zero attached hydrogens (tertiary/aromatic N) is 4. The number of amides is 2. The quantitative estimate of drug-likeness (QED) is 0.422. The predicted octanol–water partition coefficient (Wildman–Crippen LogP) is 3.08. The summed E-state index contributed by atoms with van der Waals surface area (Å²) in [4.78, 5) is 25.3. The third kappa shape index (κ3) is 4.81. The lowest BCUT2D eigenvalue weighted by molar-refractivity contribution is 0.0939. The molecule has 0 radical (unpaired) electrons. The molecule has 0 aliphatic rings. The summed E-state index contributed by atoms with van der Waals surface area (Å²) < 4.78 is 13.6. The van der Waals surface area contributed by atoms with Gasteiger partial charge in [-0.05, 0) is 30.3 Å². The van der Waals surface area contributed by atoms with Crippen molar-refractivity contribution in [2.45, 2.75) is 13.3 Å². The molecule has 10 nitrogen and oxygen atoms in total. The van der Waals surface area contributed by atoms with Crippen LogP contribution in [0, 0.1) is 0 Å². The number of benzene rings is 1. The highest BCUT2D eigenvalue weighted by atomic mass is 35.5. The van der Waals surface area contributed by atoms with E-state index >= 15 is 0 Å². The second-order valence-corrected chi connectivity index (χ2v) is 7.10. The van der Waals surface area contributed by atoms with E-state index < -0.39 is 11.8 Å². The van der Waals surface area contributed by atoms with E-state index in [0.717, 1.165) is 0 Å². The minimum Gasteiger partial charge on any atom is -0.470 e. The van der Waals surface area contributed by atoms with E-state index in [-0.39, 0.29) is 30.4 Å². The number of ether oxygens (including phenoxy) is 1. The van der Waals surface area contributed by atoms with Crippen LogP contribution in [-0.2, 0) is 20.3 Å². The zero-order valence-corrected chi connectivity index (χ0v) is 17.7. The number of aromatic nitrogens is 4. The monoisotopic (exact) mass is 454 g/mol. The van der Waals surface area contributed by atoms with Crippen LogP contribution in [0.2, 0.25) is 5.02 Å². The maximum Gasteiger partial charge on any atom is 0.276 e. The van der Waals surface area contributed by atoms with E-state index in [1.807, 2.05) is 0 Å². The van der Waals surface area contributed by atoms with E-state index in [4.69, 9.17) is 20.8 Å². The Hall–Kier alpha value is -4.05. The molecule has 4 rings (SSSR count). The Bertz CT molecular complexity index is 1230. The number of furan rings is 1. The first-order valence-electron chi connectivity index (χ1n) is 9.56. The number of carbonyl (C=O) groups excluding carboxylic acids is 2. The fourth-order valence-electron chi connectivity index (χ4n) is 2.90. The van der Waals surface area contributed by atoms with Crippen molar-refractivity contribution in [3.8, 4) is 5.75 Å². The van der Waals surface area contributed by atoms with Crippen LogP contribution in [0.15, 0.2) is 65.5 Å². The molecule has 164 valence electrons. The van der Waals surface area contributed by atoms with Gasteiger partial charge in [0.15, 0.2) is 12.4 Å². The molecule has 2 N–H and O–H groups in total. The summed E-state index contributed by atoms with van der Waals surface area (Å²) in [6.07, 6.45) is 4.53. The molecule has 3 aromatic heterocycles. The Morgan fingerprint density at radius 1 is 1.16 bits per heavy atom. The van der Waals surface area contributed by atoms with Gasteiger partial charge in [-0.3, -0.25) is 14.3 Å². The van der Waals surface area contributed by atoms with Crippen molar-refractivity contribution in [3.63, 3.8) is 0 Å². The minimum absolute atomic E-state index is 0.0738. The maximum absolute atomic E-state index is 12.7. The first kappa shape index (κ1) is 21.2. The average molecular weight is 455 g/mol. The lowest BCUT2D eigenvalue weighted by atomic mass is 10.3. The van der Waals surface area contributed by atoms with Gasteiger partial charge in [-0.15, -0.1) is 0 Å². The van der Waals surface area contributed by atoms with Gasteiger partial charge in [0.25, 0.3) is 11.8 Å². The summed E-state index contributed by atoms with van der Waals surface area (Å²) in [6.45, 7) is 0.282. The Kier molecular flexibility index (Phi) is 6.22. The topological polar surface area (TPSA) is 116 Å². The van der Waals surface area contributed by atoms with Crippen molar-refractivity contribution < 1.29 is 18.7 Å². The number of halogens is 1. The lowest BCUT2D eigenvalue weighted by Crippen LogP contribution is -2.26. The molecule has 0 aliphatic carbocycles. The molecule has 0 atom stereocenters. The largest absolute Gasteiger partial charge is 0.470 e. The van der Waals surface area contributed by atoms with E-state index in [2.05, 4.69) is 20.8 Å². The first-order valence-corrected chi connectivity index (χ1v) is 9.94. The molecule has 32 heavy (non-hydrogen) atoms. The van der Waals surface area contributed by atoms with Crippen LogP contribution in [0.3, 0.4) is 0 Å². The number of para-hydroxylation sites is 1. The van der Waals surface area contributed by atoms with Gasteiger partial charge < -0.3 is 19.8 Å². The molecule has 11 heteroatoms. The van der Waals surface area contributed by atoms with Gasteiger partial charge in [0, 0.05) is 13.2 Å². The van der Waals surface area contributed by atoms with Crippen molar-refractivity contribution in [1.82, 2.24) is 24.9 Å². The summed E-state index contributed by atoms with van der Waals surface area (Å²) in [5.74, 6) is 0.219. The molecule has 0 saturated heterocycles. The second kappa shape index (κ2) is 9.40. The van der Waals surface area contributed by atoms with Crippen molar-refractivity contribution in [2.24, 2.45) is 7.05 Å². The average Bonchev–Trinajstić information content (AvgIpc) is 3.53. The molecule has 0 saturated carbocycles. The normalized spacial score (nSPS) is 10.7. The summed E-state index contributed by atoms with van der Waals surface area (Å²) in [6, 6.07) is 12.1. The molecule has 4 aromatic rings. The van der Waals surface area contributed by atoms with Crippen molar-refractivity contribution >= 4 is 29.1 Å². The number of carbonyl (C=O) groups is 2. The van der Waals surface area contributed by atoms with Crippen LogP contribution in [0.1, 0.15) is 26.7 Å². The highest BCUT2D eigenvalue weighted by Crippen LogP contribution is 2.23. The van der Waals surface area contributed by atoms with Gasteiger partial charge >= 0.3 is 0 Å². The summed E-state index contributed by atoms with van der Waals surface area (Å²) in [5, 5.41) is 14.1. The molecular weight excluding hydrogens is 436 g/mol. The standard InChI is InChI=1S/C21H19ClN6O4/c1-27-19(21(30)23-11-14-5-4-10-31-14)17(12-24-27)25-20(29)16-8-9-28(26-16)13-32-18-7-3-2-6-15(18)22/h2-10,12H,11,13H2,1H3,(H,23,30)(H,25,29). The minimum atomic E-state index is -0.491. The van der Waals surface area contributed by atoms with E-state index in [1.165, 1.54) is 27.9 Å². The fourth-order valence-corrected chi connectivity index (χ4v) is 3.09. The molecule has 0 spiro atoms. The summed E-state index contributed by atoms with van der Waals surface area (Å²) in [5.41, 5.74) is 0.612. The third-order valence-corrected chi connectivity index (χ3v) is 4.78. The molecule has 1 aromatic carbocycles. The molecule has 0 bridgehead atoms. The molecule has 0 unspecified atom stereocenters. The van der Waals surface area contributed by atoms with Crippen LogP contribution in [-0.4, -0.2) is 31.4 Å². The number of hydrogen-bond acceptors (Lipinski definition) is 6. The van der Waals surface area contributed by atoms with Crippen LogP contribution in [0.4, 0.5) is 5.69 Å². The predicted molar refractivity (Wildman–Crippen MR) is 115 cm³/mol. The smallest absolute Gasteiger partial charge is 0.276 e. The Morgan fingerprint density at radius 2 is 2.00 bits per heavy atom. The van der Waals surface area contributed by atoms with Crippen LogP contribution in [0.25, 0.3) is 0 Å². The zero-order valence-electron chi connectivity index (χ0n) is 17.0. The molecule has 0 fully saturated rings. The van der Waals surface area contributed by atoms with Gasteiger partial charge in [0.2, 0.25) is 0 Å². The highest BCUT2D eigenvalue weighted by molar-refractivity contribution is 6.32. The van der Waals surface area contributed by atoms with Crippen molar-refractivity contribution in [3.05, 3.63) is 83.3 Å². The van der Waals surface area contributed by atoms with Crippen LogP contribution >= 0.6 is 11.6 Å². The molecule has 0 aliphatic heterocycles. The molecule has 3 heterocycles. The number of hydrogen-bond donors (Lipinski definition) is 2. The van der Waals surface area contributed by atoms with Gasteiger partial charge in [-0.25, -0.2) is 4.68 Å². The highest BCUT2D eigenvalue weighted by Gasteiger charge is 2.20. The Labute approximate surface area is 187 Å². The van der Waals surface area contributed by atoms with E-state index in [9.17, 15) is 9.59 Å². The van der Waals surface area contributed by atoms with Crippen LogP contribution in [0.5, 0.6) is 5.75 Å². The zero-order chi connectivity index (χ0) is 22.5. The second-order valence-electron chi connectivity index (χ2n) is 6.69. The van der Waals surface area contributed by atoms with Crippen LogP contribution < -0.4 is 15.4 Å². The number of anilines is 1. The van der Waals surface area contributed by atoms with Gasteiger partial charge in [-0.2, -0.15) is 10.2 Å². The number of rotatable bonds is 8. The van der Waals surface area contributed by atoms with Gasteiger partial charge in [0.1, 0.15) is 17.2 Å². The molecular formula is C21H19ClN6O4. The third-order valence-electron chi connectivity index (χ3n) is 4.47. The summed E-state index contributed by atoms with van der Waals surface area (Å²) in [7, 11) is 1.61. The van der Waals surface area contributed by atoms with E-state index in [1.54, 1.807) is 49.6 Å². The fraction of sp³-hybridized carbons (Fsp3) is 0.143. The van der Waals surface area contributed by atoms with Gasteiger partial charge in [0.05, 0.1) is 29.7 Å².